The second kappa shape index (κ2) is 6.28. The molecule has 0 aliphatic rings. The van der Waals surface area contributed by atoms with E-state index in [0.717, 1.165) is 5.56 Å². The van der Waals surface area contributed by atoms with E-state index in [9.17, 15) is 18.3 Å². The summed E-state index contributed by atoms with van der Waals surface area (Å²) in [4.78, 5) is 1.38. The molecule has 0 bridgehead atoms. The number of nitrogens with zero attached hydrogens (tertiary/aromatic N) is 1. The molecule has 0 saturated heterocycles. The summed E-state index contributed by atoms with van der Waals surface area (Å²) in [6, 6.07) is 3.47. The van der Waals surface area contributed by atoms with Crippen LogP contribution in [0.2, 0.25) is 0 Å². The predicted molar refractivity (Wildman–Crippen MR) is 69.2 cm³/mol. The SMILES string of the molecule is CCCN(Cc1cc(C)c(O)c(C)c1)CC(F)(F)F. The Morgan fingerprint density at radius 2 is 1.68 bits per heavy atom. The maximum Gasteiger partial charge on any atom is 0.401 e. The Balaban J connectivity index is 2.84. The van der Waals surface area contributed by atoms with E-state index in [2.05, 4.69) is 0 Å². The summed E-state index contributed by atoms with van der Waals surface area (Å²) in [6.45, 7) is 5.10. The first kappa shape index (κ1) is 15.8. The van der Waals surface area contributed by atoms with Gasteiger partial charge in [-0.15, -0.1) is 0 Å². The zero-order valence-corrected chi connectivity index (χ0v) is 11.5. The van der Waals surface area contributed by atoms with Crippen molar-refractivity contribution in [2.45, 2.75) is 39.9 Å². The summed E-state index contributed by atoms with van der Waals surface area (Å²) in [7, 11) is 0. The lowest BCUT2D eigenvalue weighted by Gasteiger charge is -2.23. The Kier molecular flexibility index (Phi) is 5.23. The normalized spacial score (nSPS) is 12.2. The zero-order valence-electron chi connectivity index (χ0n) is 11.5. The molecular formula is C14H20F3NO. The smallest absolute Gasteiger partial charge is 0.401 e. The Labute approximate surface area is 111 Å². The molecule has 2 nitrogen and oxygen atoms in total. The number of phenols is 1. The van der Waals surface area contributed by atoms with Gasteiger partial charge < -0.3 is 5.11 Å². The molecule has 0 unspecified atom stereocenters. The summed E-state index contributed by atoms with van der Waals surface area (Å²) in [6.07, 6.45) is -3.51. The predicted octanol–water partition coefficient (Wildman–Crippen LogP) is 3.78. The van der Waals surface area contributed by atoms with E-state index in [1.807, 2.05) is 6.92 Å². The molecule has 0 aliphatic heterocycles. The van der Waals surface area contributed by atoms with Crippen LogP contribution in [0.4, 0.5) is 13.2 Å². The van der Waals surface area contributed by atoms with Crippen molar-refractivity contribution in [3.63, 3.8) is 0 Å². The number of hydrogen-bond acceptors (Lipinski definition) is 2. The van der Waals surface area contributed by atoms with E-state index in [-0.39, 0.29) is 12.3 Å². The fourth-order valence-corrected chi connectivity index (χ4v) is 2.18. The Morgan fingerprint density at radius 1 is 1.16 bits per heavy atom. The maximum atomic E-state index is 12.5. The van der Waals surface area contributed by atoms with Crippen molar-refractivity contribution >= 4 is 0 Å². The molecular weight excluding hydrogens is 255 g/mol. The number of halogens is 3. The molecule has 0 aliphatic carbocycles. The fraction of sp³-hybridized carbons (Fsp3) is 0.571. The monoisotopic (exact) mass is 275 g/mol. The minimum atomic E-state index is -4.18. The number of hydrogen-bond donors (Lipinski definition) is 1. The number of alkyl halides is 3. The van der Waals surface area contributed by atoms with Crippen LogP contribution in [0, 0.1) is 13.8 Å². The molecule has 1 aromatic rings. The number of aryl methyl sites for hydroxylation is 2. The Morgan fingerprint density at radius 3 is 2.11 bits per heavy atom. The van der Waals surface area contributed by atoms with Crippen LogP contribution in [0.5, 0.6) is 5.75 Å². The van der Waals surface area contributed by atoms with Crippen LogP contribution in [-0.4, -0.2) is 29.3 Å². The molecule has 0 fully saturated rings. The van der Waals surface area contributed by atoms with E-state index in [1.165, 1.54) is 4.90 Å². The van der Waals surface area contributed by atoms with E-state index < -0.39 is 12.7 Å². The third kappa shape index (κ3) is 5.11. The van der Waals surface area contributed by atoms with Crippen LogP contribution in [0.15, 0.2) is 12.1 Å². The van der Waals surface area contributed by atoms with Crippen molar-refractivity contribution in [2.75, 3.05) is 13.1 Å². The lowest BCUT2D eigenvalue weighted by Crippen LogP contribution is -2.34. The van der Waals surface area contributed by atoms with Crippen molar-refractivity contribution in [3.05, 3.63) is 28.8 Å². The largest absolute Gasteiger partial charge is 0.507 e. The molecule has 0 amide bonds. The van der Waals surface area contributed by atoms with Crippen molar-refractivity contribution in [2.24, 2.45) is 0 Å². The highest BCUT2D eigenvalue weighted by Gasteiger charge is 2.30. The van der Waals surface area contributed by atoms with Gasteiger partial charge >= 0.3 is 6.18 Å². The number of phenolic OH excluding ortho intramolecular Hbond substituents is 1. The van der Waals surface area contributed by atoms with Gasteiger partial charge in [0, 0.05) is 6.54 Å². The third-order valence-electron chi connectivity index (χ3n) is 2.90. The molecule has 0 radical (unpaired) electrons. The zero-order chi connectivity index (χ0) is 14.6. The summed E-state index contributed by atoms with van der Waals surface area (Å²) in [5.74, 6) is 0.210. The molecule has 0 saturated carbocycles. The maximum absolute atomic E-state index is 12.5. The van der Waals surface area contributed by atoms with Gasteiger partial charge in [0.05, 0.1) is 6.54 Å². The van der Waals surface area contributed by atoms with E-state index in [0.29, 0.717) is 24.1 Å². The van der Waals surface area contributed by atoms with Crippen molar-refractivity contribution in [1.29, 1.82) is 0 Å². The van der Waals surface area contributed by atoms with Crippen LogP contribution in [0.1, 0.15) is 30.0 Å². The molecule has 108 valence electrons. The lowest BCUT2D eigenvalue weighted by atomic mass is 10.1. The number of aromatic hydroxyl groups is 1. The van der Waals surface area contributed by atoms with E-state index in [1.54, 1.807) is 26.0 Å². The van der Waals surface area contributed by atoms with Gasteiger partial charge in [0.1, 0.15) is 5.75 Å². The lowest BCUT2D eigenvalue weighted by molar-refractivity contribution is -0.147. The van der Waals surface area contributed by atoms with Gasteiger partial charge in [-0.1, -0.05) is 19.1 Å². The van der Waals surface area contributed by atoms with Gasteiger partial charge in [0.25, 0.3) is 0 Å². The third-order valence-corrected chi connectivity index (χ3v) is 2.90. The second-order valence-corrected chi connectivity index (χ2v) is 4.90. The molecule has 5 heteroatoms. The minimum Gasteiger partial charge on any atom is -0.507 e. The second-order valence-electron chi connectivity index (χ2n) is 4.90. The van der Waals surface area contributed by atoms with Gasteiger partial charge in [-0.25, -0.2) is 0 Å². The average Bonchev–Trinajstić information content (AvgIpc) is 2.23. The molecule has 0 atom stereocenters. The summed E-state index contributed by atoms with van der Waals surface area (Å²) < 4.78 is 37.4. The van der Waals surface area contributed by atoms with E-state index in [4.69, 9.17) is 0 Å². The van der Waals surface area contributed by atoms with Crippen molar-refractivity contribution < 1.29 is 18.3 Å². The van der Waals surface area contributed by atoms with Crippen LogP contribution >= 0.6 is 0 Å². The quantitative estimate of drug-likeness (QED) is 0.884. The highest BCUT2D eigenvalue weighted by Crippen LogP contribution is 2.24. The first-order valence-electron chi connectivity index (χ1n) is 6.31. The summed E-state index contributed by atoms with van der Waals surface area (Å²) in [5, 5.41) is 9.66. The van der Waals surface area contributed by atoms with Crippen molar-refractivity contribution in [3.8, 4) is 5.75 Å². The van der Waals surface area contributed by atoms with E-state index >= 15 is 0 Å². The van der Waals surface area contributed by atoms with Gasteiger partial charge in [-0.05, 0) is 43.5 Å². The molecule has 0 spiro atoms. The molecule has 1 N–H and O–H groups in total. The Hall–Kier alpha value is -1.23. The first-order valence-corrected chi connectivity index (χ1v) is 6.31. The Bertz CT molecular complexity index is 406. The van der Waals surface area contributed by atoms with Crippen LogP contribution in [0.25, 0.3) is 0 Å². The molecule has 1 rings (SSSR count). The number of rotatable bonds is 5. The van der Waals surface area contributed by atoms with Gasteiger partial charge in [0.2, 0.25) is 0 Å². The van der Waals surface area contributed by atoms with Crippen LogP contribution in [-0.2, 0) is 6.54 Å². The average molecular weight is 275 g/mol. The van der Waals surface area contributed by atoms with Crippen LogP contribution in [0.3, 0.4) is 0 Å². The first-order chi connectivity index (χ1) is 8.73. The summed E-state index contributed by atoms with van der Waals surface area (Å²) >= 11 is 0. The molecule has 0 heterocycles. The molecule has 0 aromatic heterocycles. The standard InChI is InChI=1S/C14H20F3NO/c1-4-5-18(9-14(15,16)17)8-12-6-10(2)13(19)11(3)7-12/h6-7,19H,4-5,8-9H2,1-3H3. The fourth-order valence-electron chi connectivity index (χ4n) is 2.18. The molecule has 19 heavy (non-hydrogen) atoms. The van der Waals surface area contributed by atoms with Gasteiger partial charge in [-0.2, -0.15) is 13.2 Å². The highest BCUT2D eigenvalue weighted by atomic mass is 19.4. The summed E-state index contributed by atoms with van der Waals surface area (Å²) in [5.41, 5.74) is 2.18. The van der Waals surface area contributed by atoms with Gasteiger partial charge in [-0.3, -0.25) is 4.90 Å². The van der Waals surface area contributed by atoms with Crippen molar-refractivity contribution in [1.82, 2.24) is 4.90 Å². The topological polar surface area (TPSA) is 23.5 Å². The van der Waals surface area contributed by atoms with Crippen LogP contribution < -0.4 is 0 Å². The highest BCUT2D eigenvalue weighted by molar-refractivity contribution is 5.42. The number of benzene rings is 1. The van der Waals surface area contributed by atoms with Gasteiger partial charge in [0.15, 0.2) is 0 Å². The minimum absolute atomic E-state index is 0.210. The molecule has 1 aromatic carbocycles.